The van der Waals surface area contributed by atoms with E-state index in [2.05, 4.69) is 36.5 Å². The zero-order chi connectivity index (χ0) is 18.5. The minimum atomic E-state index is -0.300. The van der Waals surface area contributed by atoms with Crippen LogP contribution in [0.15, 0.2) is 30.3 Å². The van der Waals surface area contributed by atoms with Gasteiger partial charge in [-0.25, -0.2) is 0 Å². The summed E-state index contributed by atoms with van der Waals surface area (Å²) >= 11 is 1.13. The maximum atomic E-state index is 12.0. The number of nitrogens with one attached hydrogen (secondary N) is 1. The van der Waals surface area contributed by atoms with Crippen LogP contribution in [0.3, 0.4) is 0 Å². The topological polar surface area (TPSA) is 55.4 Å². The molecule has 5 rings (SSSR count). The van der Waals surface area contributed by atoms with Gasteiger partial charge in [-0.1, -0.05) is 23.9 Å². The third kappa shape index (κ3) is 2.85. The lowest BCUT2D eigenvalue weighted by Crippen LogP contribution is -2.27. The number of imide groups is 1. The minimum absolute atomic E-state index is 0.106. The van der Waals surface area contributed by atoms with Crippen LogP contribution >= 0.6 is 11.8 Å². The van der Waals surface area contributed by atoms with E-state index in [0.717, 1.165) is 48.9 Å². The van der Waals surface area contributed by atoms with Gasteiger partial charge in [0.2, 0.25) is 5.91 Å². The molecule has 0 saturated carbocycles. The number of thioether (sulfide) groups is 1. The Morgan fingerprint density at radius 2 is 1.93 bits per heavy atom. The van der Waals surface area contributed by atoms with Crippen molar-refractivity contribution in [2.75, 3.05) is 0 Å². The van der Waals surface area contributed by atoms with Crippen molar-refractivity contribution in [1.82, 2.24) is 5.32 Å². The first-order chi connectivity index (χ1) is 13.1. The molecule has 2 aromatic rings. The fourth-order valence-electron chi connectivity index (χ4n) is 4.71. The standard InChI is InChI=1S/C22H21NO3S/c1-12-5-10-19(17-4-2-3-15(12)17)26-14-7-9-16-13(11-14)6-8-18(16)20-21(24)23-22(25)27-20/h5,7,9-11,18,20H,2-4,6,8H2,1H3,(H,23,24,25)/t18-,20?/m1/s1. The summed E-state index contributed by atoms with van der Waals surface area (Å²) in [5.74, 6) is 1.78. The lowest BCUT2D eigenvalue weighted by molar-refractivity contribution is -0.119. The molecule has 2 aliphatic carbocycles. The number of carbonyl (C=O) groups is 2. The molecule has 5 heteroatoms. The molecule has 3 aliphatic rings. The molecular formula is C22H21NO3S. The number of rotatable bonds is 3. The number of fused-ring (bicyclic) bond motifs is 2. The smallest absolute Gasteiger partial charge is 0.286 e. The van der Waals surface area contributed by atoms with Crippen LogP contribution in [0, 0.1) is 6.92 Å². The predicted octanol–water partition coefficient (Wildman–Crippen LogP) is 4.66. The van der Waals surface area contributed by atoms with Crippen molar-refractivity contribution < 1.29 is 14.3 Å². The van der Waals surface area contributed by atoms with Gasteiger partial charge in [-0.3, -0.25) is 14.9 Å². The Hall–Kier alpha value is -2.27. The quantitative estimate of drug-likeness (QED) is 0.843. The van der Waals surface area contributed by atoms with Crippen molar-refractivity contribution in [2.45, 2.75) is 50.2 Å². The van der Waals surface area contributed by atoms with Gasteiger partial charge in [0.25, 0.3) is 5.24 Å². The highest BCUT2D eigenvalue weighted by Gasteiger charge is 2.41. The number of ether oxygens (including phenoxy) is 1. The zero-order valence-electron chi connectivity index (χ0n) is 15.2. The molecule has 1 saturated heterocycles. The van der Waals surface area contributed by atoms with Crippen LogP contribution in [-0.2, 0) is 24.1 Å². The third-order valence-electron chi connectivity index (χ3n) is 6.03. The molecule has 4 nitrogen and oxygen atoms in total. The Morgan fingerprint density at radius 3 is 2.74 bits per heavy atom. The molecule has 27 heavy (non-hydrogen) atoms. The first-order valence-corrected chi connectivity index (χ1v) is 10.4. The van der Waals surface area contributed by atoms with E-state index >= 15 is 0 Å². The molecule has 0 spiro atoms. The summed E-state index contributed by atoms with van der Waals surface area (Å²) in [5.41, 5.74) is 6.56. The van der Waals surface area contributed by atoms with Crippen molar-refractivity contribution in [3.63, 3.8) is 0 Å². The average molecular weight is 379 g/mol. The summed E-state index contributed by atoms with van der Waals surface area (Å²) in [6.07, 6.45) is 5.24. The van der Waals surface area contributed by atoms with Crippen LogP contribution < -0.4 is 10.1 Å². The fraction of sp³-hybridized carbons (Fsp3) is 0.364. The van der Waals surface area contributed by atoms with E-state index in [0.29, 0.717) is 0 Å². The Balaban J connectivity index is 1.41. The molecule has 1 fully saturated rings. The Bertz CT molecular complexity index is 968. The van der Waals surface area contributed by atoms with E-state index in [1.165, 1.54) is 34.2 Å². The first-order valence-electron chi connectivity index (χ1n) is 9.53. The summed E-state index contributed by atoms with van der Waals surface area (Å²) in [7, 11) is 0. The highest BCUT2D eigenvalue weighted by molar-refractivity contribution is 8.15. The largest absolute Gasteiger partial charge is 0.457 e. The van der Waals surface area contributed by atoms with Crippen LogP contribution in [0.5, 0.6) is 11.5 Å². The second kappa shape index (κ2) is 6.41. The van der Waals surface area contributed by atoms with E-state index in [9.17, 15) is 9.59 Å². The lowest BCUT2D eigenvalue weighted by atomic mass is 9.97. The van der Waals surface area contributed by atoms with Gasteiger partial charge >= 0.3 is 0 Å². The maximum absolute atomic E-state index is 12.0. The molecule has 1 heterocycles. The lowest BCUT2D eigenvalue weighted by Gasteiger charge is -2.16. The van der Waals surface area contributed by atoms with E-state index in [-0.39, 0.29) is 22.3 Å². The predicted molar refractivity (Wildman–Crippen MR) is 106 cm³/mol. The monoisotopic (exact) mass is 379 g/mol. The molecule has 0 radical (unpaired) electrons. The molecule has 2 amide bonds. The molecule has 2 aromatic carbocycles. The van der Waals surface area contributed by atoms with E-state index < -0.39 is 0 Å². The van der Waals surface area contributed by atoms with Gasteiger partial charge in [0.05, 0.1) is 0 Å². The SMILES string of the molecule is Cc1ccc(Oc2ccc3c(c2)CC[C@H]3C2SC(=O)NC2=O)c2c1CCC2. The number of hydrogen-bond acceptors (Lipinski definition) is 4. The summed E-state index contributed by atoms with van der Waals surface area (Å²) in [6.45, 7) is 2.17. The average Bonchev–Trinajstić information content (AvgIpc) is 3.35. The first kappa shape index (κ1) is 16.9. The second-order valence-corrected chi connectivity index (χ2v) is 8.73. The Morgan fingerprint density at radius 1 is 1.07 bits per heavy atom. The second-order valence-electron chi connectivity index (χ2n) is 7.61. The van der Waals surface area contributed by atoms with Gasteiger partial charge in [0, 0.05) is 5.92 Å². The van der Waals surface area contributed by atoms with Crippen LogP contribution in [0.2, 0.25) is 0 Å². The minimum Gasteiger partial charge on any atom is -0.457 e. The van der Waals surface area contributed by atoms with Crippen LogP contribution in [-0.4, -0.2) is 16.4 Å². The fourth-order valence-corrected chi connectivity index (χ4v) is 5.72. The Labute approximate surface area is 162 Å². The van der Waals surface area contributed by atoms with Crippen LogP contribution in [0.1, 0.15) is 46.6 Å². The maximum Gasteiger partial charge on any atom is 0.286 e. The normalized spacial score (nSPS) is 23.3. The summed E-state index contributed by atoms with van der Waals surface area (Å²) < 4.78 is 6.26. The number of hydrogen-bond donors (Lipinski definition) is 1. The third-order valence-corrected chi connectivity index (χ3v) is 7.14. The van der Waals surface area contributed by atoms with Crippen molar-refractivity contribution in [1.29, 1.82) is 0 Å². The molecule has 1 aliphatic heterocycles. The molecule has 2 atom stereocenters. The highest BCUT2D eigenvalue weighted by atomic mass is 32.2. The van der Waals surface area contributed by atoms with Gasteiger partial charge in [0.1, 0.15) is 16.7 Å². The Kier molecular flexibility index (Phi) is 4.01. The molecule has 0 aromatic heterocycles. The summed E-state index contributed by atoms with van der Waals surface area (Å²) in [4.78, 5) is 23.6. The van der Waals surface area contributed by atoms with E-state index in [1.54, 1.807) is 0 Å². The van der Waals surface area contributed by atoms with Crippen molar-refractivity contribution in [2.24, 2.45) is 0 Å². The number of amides is 2. The van der Waals surface area contributed by atoms with E-state index in [1.807, 2.05) is 6.07 Å². The van der Waals surface area contributed by atoms with Gasteiger partial charge in [-0.2, -0.15) is 0 Å². The van der Waals surface area contributed by atoms with Gasteiger partial charge in [0.15, 0.2) is 0 Å². The van der Waals surface area contributed by atoms with Crippen molar-refractivity contribution >= 4 is 22.9 Å². The van der Waals surface area contributed by atoms with E-state index in [4.69, 9.17) is 4.74 Å². The summed E-state index contributed by atoms with van der Waals surface area (Å²) in [5, 5.41) is 1.88. The zero-order valence-corrected chi connectivity index (χ0v) is 16.0. The molecule has 138 valence electrons. The van der Waals surface area contributed by atoms with Crippen LogP contribution in [0.25, 0.3) is 0 Å². The number of benzene rings is 2. The van der Waals surface area contributed by atoms with Gasteiger partial charge in [-0.05, 0) is 85.0 Å². The van der Waals surface area contributed by atoms with Crippen molar-refractivity contribution in [3.05, 3.63) is 58.1 Å². The molecular weight excluding hydrogens is 358 g/mol. The number of aryl methyl sites for hydroxylation is 2. The van der Waals surface area contributed by atoms with Gasteiger partial charge < -0.3 is 4.74 Å². The number of carbonyl (C=O) groups excluding carboxylic acids is 2. The summed E-state index contributed by atoms with van der Waals surface area (Å²) in [6, 6.07) is 10.4. The highest BCUT2D eigenvalue weighted by Crippen LogP contribution is 2.44. The van der Waals surface area contributed by atoms with Gasteiger partial charge in [-0.15, -0.1) is 0 Å². The molecule has 1 unspecified atom stereocenters. The molecule has 0 bridgehead atoms. The van der Waals surface area contributed by atoms with Crippen molar-refractivity contribution in [3.8, 4) is 11.5 Å². The van der Waals surface area contributed by atoms with Crippen LogP contribution in [0.4, 0.5) is 4.79 Å². The molecule has 1 N–H and O–H groups in total.